The molecule has 0 aliphatic heterocycles. The molecule has 0 saturated carbocycles. The predicted molar refractivity (Wildman–Crippen MR) is 81.8 cm³/mol. The molecule has 0 saturated heterocycles. The van der Waals surface area contributed by atoms with E-state index in [1.54, 1.807) is 6.07 Å². The minimum atomic E-state index is -0.499. The summed E-state index contributed by atoms with van der Waals surface area (Å²) >= 11 is 4.64. The molecule has 0 atom stereocenters. The number of fused-ring (bicyclic) bond motifs is 1. The van der Waals surface area contributed by atoms with Crippen LogP contribution in [0.1, 0.15) is 5.69 Å². The number of nitrogens with zero attached hydrogens (tertiary/aromatic N) is 3. The molecule has 7 nitrogen and oxygen atoms in total. The van der Waals surface area contributed by atoms with Crippen molar-refractivity contribution in [3.8, 4) is 11.6 Å². The van der Waals surface area contributed by atoms with Crippen molar-refractivity contribution in [1.29, 1.82) is 0 Å². The number of hydrogen-bond donors (Lipinski definition) is 1. The van der Waals surface area contributed by atoms with E-state index in [2.05, 4.69) is 20.9 Å². The van der Waals surface area contributed by atoms with Gasteiger partial charge in [-0.3, -0.25) is 14.5 Å². The van der Waals surface area contributed by atoms with E-state index >= 15 is 0 Å². The number of nitrogens with two attached hydrogens (primary N) is 1. The van der Waals surface area contributed by atoms with Gasteiger partial charge in [-0.25, -0.2) is 0 Å². The zero-order valence-electron chi connectivity index (χ0n) is 10.5. The lowest BCUT2D eigenvalue weighted by Crippen LogP contribution is -2.02. The van der Waals surface area contributed by atoms with E-state index in [4.69, 9.17) is 10.5 Å². The molecule has 1 aromatic carbocycles. The summed E-state index contributed by atoms with van der Waals surface area (Å²) in [4.78, 5) is 15.6. The van der Waals surface area contributed by atoms with Crippen molar-refractivity contribution in [3.63, 3.8) is 0 Å². The molecular formula is C12H9BrN4O3S. The van der Waals surface area contributed by atoms with E-state index in [0.29, 0.717) is 10.2 Å². The van der Waals surface area contributed by atoms with Crippen molar-refractivity contribution < 1.29 is 9.66 Å². The molecule has 0 aliphatic rings. The van der Waals surface area contributed by atoms with E-state index in [1.165, 1.54) is 23.5 Å². The van der Waals surface area contributed by atoms with Crippen molar-refractivity contribution in [2.75, 3.05) is 0 Å². The van der Waals surface area contributed by atoms with Crippen molar-refractivity contribution in [1.82, 2.24) is 9.38 Å². The van der Waals surface area contributed by atoms with Gasteiger partial charge in [-0.05, 0) is 12.1 Å². The third kappa shape index (κ3) is 2.50. The fourth-order valence-corrected chi connectivity index (χ4v) is 2.98. The molecule has 2 N–H and O–H groups in total. The molecule has 3 rings (SSSR count). The number of imidazole rings is 1. The molecular weight excluding hydrogens is 360 g/mol. The maximum absolute atomic E-state index is 11.1. The number of aromatic nitrogens is 2. The summed E-state index contributed by atoms with van der Waals surface area (Å²) in [5.41, 5.74) is 6.25. The van der Waals surface area contributed by atoms with Gasteiger partial charge in [-0.1, -0.05) is 15.9 Å². The molecule has 0 unspecified atom stereocenters. The molecule has 9 heteroatoms. The number of thiazole rings is 1. The van der Waals surface area contributed by atoms with Crippen LogP contribution in [0.25, 0.3) is 4.96 Å². The standard InChI is InChI=1S/C12H9BrN4O3S/c13-7-1-2-10(8(5-7)17(18)19)20-11-9(6-14)16-3-4-21-12(16)15-11/h1-5H,6,14H2. The van der Waals surface area contributed by atoms with Crippen molar-refractivity contribution in [3.05, 3.63) is 50.1 Å². The number of benzene rings is 1. The summed E-state index contributed by atoms with van der Waals surface area (Å²) in [5, 5.41) is 13.0. The summed E-state index contributed by atoms with van der Waals surface area (Å²) < 4.78 is 8.04. The Labute approximate surface area is 131 Å². The molecule has 21 heavy (non-hydrogen) atoms. The van der Waals surface area contributed by atoms with Crippen LogP contribution >= 0.6 is 27.3 Å². The number of nitro benzene ring substituents is 1. The van der Waals surface area contributed by atoms with Gasteiger partial charge in [0, 0.05) is 28.7 Å². The van der Waals surface area contributed by atoms with Gasteiger partial charge in [-0.2, -0.15) is 4.98 Å². The van der Waals surface area contributed by atoms with Gasteiger partial charge in [-0.15, -0.1) is 11.3 Å². The second-order valence-electron chi connectivity index (χ2n) is 4.09. The zero-order valence-corrected chi connectivity index (χ0v) is 12.9. The highest BCUT2D eigenvalue weighted by Crippen LogP contribution is 2.35. The first-order valence-corrected chi connectivity index (χ1v) is 7.53. The Hall–Kier alpha value is -1.97. The van der Waals surface area contributed by atoms with E-state index in [0.717, 1.165) is 4.96 Å². The van der Waals surface area contributed by atoms with E-state index in [-0.39, 0.29) is 23.9 Å². The van der Waals surface area contributed by atoms with Crippen LogP contribution in [0.15, 0.2) is 34.2 Å². The second kappa shape index (κ2) is 5.43. The van der Waals surface area contributed by atoms with Crippen LogP contribution in [0.3, 0.4) is 0 Å². The molecule has 0 amide bonds. The summed E-state index contributed by atoms with van der Waals surface area (Å²) in [5.74, 6) is 0.415. The quantitative estimate of drug-likeness (QED) is 0.562. The summed E-state index contributed by atoms with van der Waals surface area (Å²) in [6.07, 6.45) is 1.83. The second-order valence-corrected chi connectivity index (χ2v) is 5.88. The number of hydrogen-bond acceptors (Lipinski definition) is 6. The number of halogens is 1. The smallest absolute Gasteiger partial charge is 0.312 e. The van der Waals surface area contributed by atoms with Crippen molar-refractivity contribution in [2.45, 2.75) is 6.54 Å². The number of rotatable bonds is 4. The Morgan fingerprint density at radius 2 is 2.33 bits per heavy atom. The number of nitro groups is 1. The van der Waals surface area contributed by atoms with E-state index in [1.807, 2.05) is 16.0 Å². The third-order valence-corrected chi connectivity index (χ3v) is 4.09. The summed E-state index contributed by atoms with van der Waals surface area (Å²) in [7, 11) is 0. The molecule has 2 heterocycles. The van der Waals surface area contributed by atoms with Gasteiger partial charge >= 0.3 is 5.69 Å². The third-order valence-electron chi connectivity index (χ3n) is 2.84. The first-order chi connectivity index (χ1) is 10.1. The average molecular weight is 369 g/mol. The van der Waals surface area contributed by atoms with Gasteiger partial charge < -0.3 is 10.5 Å². The maximum Gasteiger partial charge on any atom is 0.312 e. The molecule has 0 bridgehead atoms. The fourth-order valence-electron chi connectivity index (χ4n) is 1.90. The van der Waals surface area contributed by atoms with Gasteiger partial charge in [0.1, 0.15) is 5.69 Å². The lowest BCUT2D eigenvalue weighted by atomic mass is 10.3. The minimum Gasteiger partial charge on any atom is -0.430 e. The van der Waals surface area contributed by atoms with Crippen LogP contribution in [0.4, 0.5) is 5.69 Å². The highest BCUT2D eigenvalue weighted by atomic mass is 79.9. The lowest BCUT2D eigenvalue weighted by molar-refractivity contribution is -0.385. The lowest BCUT2D eigenvalue weighted by Gasteiger charge is -2.05. The Balaban J connectivity index is 2.06. The molecule has 0 aliphatic carbocycles. The monoisotopic (exact) mass is 368 g/mol. The Kier molecular flexibility index (Phi) is 3.62. The summed E-state index contributed by atoms with van der Waals surface area (Å²) in [6.45, 7) is 0.220. The van der Waals surface area contributed by atoms with E-state index < -0.39 is 4.92 Å². The van der Waals surface area contributed by atoms with Gasteiger partial charge in [0.15, 0.2) is 4.96 Å². The Morgan fingerprint density at radius 3 is 3.05 bits per heavy atom. The Bertz CT molecular complexity index is 829. The predicted octanol–water partition coefficient (Wildman–Crippen LogP) is 3.32. The molecule has 0 spiro atoms. The topological polar surface area (TPSA) is 95.7 Å². The van der Waals surface area contributed by atoms with Gasteiger partial charge in [0.2, 0.25) is 11.6 Å². The summed E-state index contributed by atoms with van der Waals surface area (Å²) in [6, 6.07) is 4.58. The Morgan fingerprint density at radius 1 is 1.52 bits per heavy atom. The molecule has 108 valence electrons. The van der Waals surface area contributed by atoms with Crippen LogP contribution in [0.2, 0.25) is 0 Å². The largest absolute Gasteiger partial charge is 0.430 e. The molecule has 0 fully saturated rings. The van der Waals surface area contributed by atoms with Gasteiger partial charge in [0.05, 0.1) is 4.92 Å². The van der Waals surface area contributed by atoms with Crippen LogP contribution < -0.4 is 10.5 Å². The van der Waals surface area contributed by atoms with Crippen LogP contribution in [0, 0.1) is 10.1 Å². The van der Waals surface area contributed by atoms with Crippen LogP contribution in [-0.2, 0) is 6.54 Å². The van der Waals surface area contributed by atoms with Crippen LogP contribution in [0.5, 0.6) is 11.6 Å². The number of ether oxygens (including phenoxy) is 1. The van der Waals surface area contributed by atoms with Crippen LogP contribution in [-0.4, -0.2) is 14.3 Å². The first kappa shape index (κ1) is 14.0. The maximum atomic E-state index is 11.1. The highest BCUT2D eigenvalue weighted by molar-refractivity contribution is 9.10. The van der Waals surface area contributed by atoms with E-state index in [9.17, 15) is 10.1 Å². The highest BCUT2D eigenvalue weighted by Gasteiger charge is 2.20. The molecule has 0 radical (unpaired) electrons. The first-order valence-electron chi connectivity index (χ1n) is 5.86. The molecule has 3 aromatic rings. The average Bonchev–Trinajstić information content (AvgIpc) is 3.00. The van der Waals surface area contributed by atoms with Gasteiger partial charge in [0.25, 0.3) is 0 Å². The fraction of sp³-hybridized carbons (Fsp3) is 0.0833. The SMILES string of the molecule is NCc1c(Oc2ccc(Br)cc2[N+](=O)[O-])nc2sccn12. The normalized spacial score (nSPS) is 11.0. The van der Waals surface area contributed by atoms with Crippen molar-refractivity contribution in [2.24, 2.45) is 5.73 Å². The molecule has 2 aromatic heterocycles. The zero-order chi connectivity index (χ0) is 15.0. The van der Waals surface area contributed by atoms with Crippen molar-refractivity contribution >= 4 is 37.9 Å². The minimum absolute atomic E-state index is 0.128.